The van der Waals surface area contributed by atoms with E-state index in [2.05, 4.69) is 36.6 Å². The van der Waals surface area contributed by atoms with E-state index in [1.807, 2.05) is 0 Å². The Bertz CT molecular complexity index is 1200. The van der Waals surface area contributed by atoms with Crippen molar-refractivity contribution in [3.8, 4) is 5.82 Å². The first-order chi connectivity index (χ1) is 15.3. The molecule has 0 spiro atoms. The topological polar surface area (TPSA) is 98.1 Å². The summed E-state index contributed by atoms with van der Waals surface area (Å²) in [6.45, 7) is 2.84. The number of pyridine rings is 1. The molecule has 0 saturated carbocycles. The zero-order chi connectivity index (χ0) is 22.8. The van der Waals surface area contributed by atoms with Gasteiger partial charge in [0.15, 0.2) is 5.82 Å². The summed E-state index contributed by atoms with van der Waals surface area (Å²) < 4.78 is 7.10. The molecule has 1 unspecified atom stereocenters. The van der Waals surface area contributed by atoms with Crippen LogP contribution in [-0.2, 0) is 4.74 Å². The molecule has 2 amide bonds. The van der Waals surface area contributed by atoms with Crippen molar-refractivity contribution in [3.63, 3.8) is 0 Å². The molecule has 32 heavy (non-hydrogen) atoms. The molecule has 1 saturated heterocycles. The Labute approximate surface area is 202 Å². The van der Waals surface area contributed by atoms with Gasteiger partial charge in [-0.1, -0.05) is 23.2 Å². The third kappa shape index (κ3) is 4.80. The molecule has 1 atom stereocenters. The summed E-state index contributed by atoms with van der Waals surface area (Å²) in [7, 11) is 0. The van der Waals surface area contributed by atoms with Crippen molar-refractivity contribution in [2.24, 2.45) is 0 Å². The lowest BCUT2D eigenvalue weighted by Crippen LogP contribution is -2.40. The van der Waals surface area contributed by atoms with E-state index in [1.54, 1.807) is 37.4 Å². The SMILES string of the molecule is Cc1cc(Cl)cc(C(=O)NCC2CCO2)c1NC(=O)c1cc(Br)nn1-c1ncccc1Cl. The maximum Gasteiger partial charge on any atom is 0.274 e. The fraction of sp³-hybridized carbons (Fsp3) is 0.238. The highest BCUT2D eigenvalue weighted by Crippen LogP contribution is 2.28. The Balaban J connectivity index is 1.64. The number of benzene rings is 1. The van der Waals surface area contributed by atoms with Crippen molar-refractivity contribution < 1.29 is 14.3 Å². The Morgan fingerprint density at radius 3 is 2.75 bits per heavy atom. The highest BCUT2D eigenvalue weighted by molar-refractivity contribution is 9.10. The average molecular weight is 539 g/mol. The first kappa shape index (κ1) is 22.7. The lowest BCUT2D eigenvalue weighted by Gasteiger charge is -2.26. The normalized spacial score (nSPS) is 15.2. The van der Waals surface area contributed by atoms with Gasteiger partial charge in [0.05, 0.1) is 22.4 Å². The fourth-order valence-electron chi connectivity index (χ4n) is 3.22. The van der Waals surface area contributed by atoms with Gasteiger partial charge in [-0.3, -0.25) is 9.59 Å². The molecule has 3 aromatic rings. The van der Waals surface area contributed by atoms with Crippen LogP contribution in [0.4, 0.5) is 5.69 Å². The highest BCUT2D eigenvalue weighted by atomic mass is 79.9. The maximum atomic E-state index is 13.2. The number of carbonyl (C=O) groups is 2. The van der Waals surface area contributed by atoms with E-state index < -0.39 is 5.91 Å². The van der Waals surface area contributed by atoms with Crippen LogP contribution in [0.5, 0.6) is 0 Å². The van der Waals surface area contributed by atoms with Crippen molar-refractivity contribution in [1.29, 1.82) is 0 Å². The van der Waals surface area contributed by atoms with Crippen LogP contribution in [0.2, 0.25) is 10.0 Å². The minimum absolute atomic E-state index is 0.00657. The first-order valence-electron chi connectivity index (χ1n) is 9.71. The molecule has 166 valence electrons. The van der Waals surface area contributed by atoms with Gasteiger partial charge in [0.1, 0.15) is 10.3 Å². The molecule has 11 heteroatoms. The van der Waals surface area contributed by atoms with Gasteiger partial charge in [0, 0.05) is 30.4 Å². The zero-order valence-corrected chi connectivity index (χ0v) is 20.0. The van der Waals surface area contributed by atoms with Gasteiger partial charge in [-0.15, -0.1) is 0 Å². The number of aryl methyl sites for hydroxylation is 1. The standard InChI is InChI=1S/C21H18BrCl2N5O3/c1-11-7-12(23)8-14(20(30)26-10-13-4-6-32-13)18(11)27-21(31)16-9-17(22)28-29(16)19-15(24)3-2-5-25-19/h2-3,5,7-9,13H,4,6,10H2,1H3,(H,26,30)(H,27,31). The summed E-state index contributed by atoms with van der Waals surface area (Å²) in [4.78, 5) is 30.3. The number of anilines is 1. The third-order valence-electron chi connectivity index (χ3n) is 4.92. The molecule has 3 heterocycles. The smallest absolute Gasteiger partial charge is 0.274 e. The third-order valence-corrected chi connectivity index (χ3v) is 5.82. The monoisotopic (exact) mass is 537 g/mol. The first-order valence-corrected chi connectivity index (χ1v) is 11.3. The van der Waals surface area contributed by atoms with Gasteiger partial charge in [-0.2, -0.15) is 5.10 Å². The molecule has 0 radical (unpaired) electrons. The van der Waals surface area contributed by atoms with Crippen LogP contribution < -0.4 is 10.6 Å². The van der Waals surface area contributed by atoms with Gasteiger partial charge in [-0.25, -0.2) is 9.67 Å². The largest absolute Gasteiger partial charge is 0.376 e. The number of rotatable bonds is 6. The predicted octanol–water partition coefficient (Wildman–Crippen LogP) is 4.42. The van der Waals surface area contributed by atoms with Crippen molar-refractivity contribution in [3.05, 3.63) is 68.0 Å². The van der Waals surface area contributed by atoms with Crippen LogP contribution in [0.1, 0.15) is 32.8 Å². The molecular weight excluding hydrogens is 521 g/mol. The van der Waals surface area contributed by atoms with Crippen LogP contribution in [0.3, 0.4) is 0 Å². The minimum Gasteiger partial charge on any atom is -0.376 e. The molecule has 1 aliphatic rings. The molecule has 4 rings (SSSR count). The van der Waals surface area contributed by atoms with Crippen molar-refractivity contribution in [2.75, 3.05) is 18.5 Å². The zero-order valence-electron chi connectivity index (χ0n) is 16.9. The van der Waals surface area contributed by atoms with Crippen LogP contribution in [0, 0.1) is 6.92 Å². The number of hydrogen-bond donors (Lipinski definition) is 2. The van der Waals surface area contributed by atoms with Crippen LogP contribution in [0.15, 0.2) is 41.1 Å². The minimum atomic E-state index is -0.494. The molecule has 8 nitrogen and oxygen atoms in total. The molecule has 2 N–H and O–H groups in total. The number of carbonyl (C=O) groups excluding carboxylic acids is 2. The lowest BCUT2D eigenvalue weighted by atomic mass is 10.1. The van der Waals surface area contributed by atoms with E-state index in [0.717, 1.165) is 6.42 Å². The Kier molecular flexibility index (Phi) is 6.80. The van der Waals surface area contributed by atoms with Gasteiger partial charge in [-0.05, 0) is 59.1 Å². The van der Waals surface area contributed by atoms with E-state index in [0.29, 0.717) is 44.9 Å². The Hall–Kier alpha value is -2.46. The van der Waals surface area contributed by atoms with Crippen molar-refractivity contribution in [2.45, 2.75) is 19.4 Å². The number of amides is 2. The second-order valence-electron chi connectivity index (χ2n) is 7.16. The van der Waals surface area contributed by atoms with Crippen molar-refractivity contribution >= 4 is 56.6 Å². The number of nitrogens with zero attached hydrogens (tertiary/aromatic N) is 3. The number of nitrogens with one attached hydrogen (secondary N) is 2. The maximum absolute atomic E-state index is 13.2. The number of ether oxygens (including phenoxy) is 1. The van der Waals surface area contributed by atoms with Gasteiger partial charge < -0.3 is 15.4 Å². The quantitative estimate of drug-likeness (QED) is 0.484. The summed E-state index contributed by atoms with van der Waals surface area (Å²) in [5, 5.41) is 10.6. The summed E-state index contributed by atoms with van der Waals surface area (Å²) in [5.74, 6) is -0.549. The number of aromatic nitrogens is 3. The highest BCUT2D eigenvalue weighted by Gasteiger charge is 2.24. The van der Waals surface area contributed by atoms with Crippen molar-refractivity contribution in [1.82, 2.24) is 20.1 Å². The summed E-state index contributed by atoms with van der Waals surface area (Å²) in [6.07, 6.45) is 2.45. The van der Waals surface area contributed by atoms with E-state index in [1.165, 1.54) is 10.7 Å². The second kappa shape index (κ2) is 9.58. The van der Waals surface area contributed by atoms with Crippen LogP contribution >= 0.6 is 39.1 Å². The lowest BCUT2D eigenvalue weighted by molar-refractivity contribution is -0.0472. The summed E-state index contributed by atoms with van der Waals surface area (Å²) >= 11 is 15.7. The summed E-state index contributed by atoms with van der Waals surface area (Å²) in [6, 6.07) is 8.06. The molecule has 1 aromatic carbocycles. The number of hydrogen-bond acceptors (Lipinski definition) is 5. The van der Waals surface area contributed by atoms with E-state index in [-0.39, 0.29) is 23.3 Å². The Morgan fingerprint density at radius 2 is 2.06 bits per heavy atom. The molecule has 0 aliphatic carbocycles. The molecule has 1 aliphatic heterocycles. The van der Waals surface area contributed by atoms with E-state index >= 15 is 0 Å². The van der Waals surface area contributed by atoms with Gasteiger partial charge >= 0.3 is 0 Å². The van der Waals surface area contributed by atoms with Gasteiger partial charge in [0.25, 0.3) is 11.8 Å². The van der Waals surface area contributed by atoms with Crippen LogP contribution in [0.25, 0.3) is 5.82 Å². The molecule has 2 aromatic heterocycles. The summed E-state index contributed by atoms with van der Waals surface area (Å²) in [5.41, 5.74) is 1.42. The molecular formula is C21H18BrCl2N5O3. The second-order valence-corrected chi connectivity index (χ2v) is 8.82. The fourth-order valence-corrected chi connectivity index (χ4v) is 4.07. The van der Waals surface area contributed by atoms with E-state index in [9.17, 15) is 9.59 Å². The molecule has 1 fully saturated rings. The average Bonchev–Trinajstić information content (AvgIpc) is 3.10. The van der Waals surface area contributed by atoms with Gasteiger partial charge in [0.2, 0.25) is 0 Å². The van der Waals surface area contributed by atoms with Crippen LogP contribution in [-0.4, -0.2) is 45.8 Å². The number of halogens is 3. The van der Waals surface area contributed by atoms with E-state index in [4.69, 9.17) is 27.9 Å². The molecule has 0 bridgehead atoms. The Morgan fingerprint density at radius 1 is 1.28 bits per heavy atom. The predicted molar refractivity (Wildman–Crippen MR) is 125 cm³/mol.